The molecular formula is C28H35N5O3. The van der Waals surface area contributed by atoms with E-state index in [1.165, 1.54) is 0 Å². The van der Waals surface area contributed by atoms with Crippen LogP contribution in [0.15, 0.2) is 59.4 Å². The van der Waals surface area contributed by atoms with Gasteiger partial charge in [0.25, 0.3) is 5.56 Å². The van der Waals surface area contributed by atoms with Gasteiger partial charge in [-0.2, -0.15) is 0 Å². The SMILES string of the molecule is O=C(CN1CCN(CCCc2nc3ccccc3c(=O)n2Cc2ccccc2)CC1)N1CCOCC1. The van der Waals surface area contributed by atoms with Crippen LogP contribution in [0, 0.1) is 0 Å². The molecule has 0 spiro atoms. The van der Waals surface area contributed by atoms with Gasteiger partial charge in [-0.15, -0.1) is 0 Å². The summed E-state index contributed by atoms with van der Waals surface area (Å²) in [6.07, 6.45) is 1.69. The molecule has 190 valence electrons. The van der Waals surface area contributed by atoms with E-state index in [9.17, 15) is 9.59 Å². The second kappa shape index (κ2) is 11.8. The highest BCUT2D eigenvalue weighted by molar-refractivity contribution is 5.78. The van der Waals surface area contributed by atoms with Crippen LogP contribution in [-0.2, 0) is 22.5 Å². The number of nitrogens with zero attached hydrogens (tertiary/aromatic N) is 5. The normalized spacial score (nSPS) is 17.5. The minimum Gasteiger partial charge on any atom is -0.378 e. The molecule has 0 saturated carbocycles. The first-order valence-electron chi connectivity index (χ1n) is 13.0. The number of aryl methyl sites for hydroxylation is 1. The molecule has 0 radical (unpaired) electrons. The third-order valence-corrected chi connectivity index (χ3v) is 7.19. The van der Waals surface area contributed by atoms with Crippen molar-refractivity contribution in [3.05, 3.63) is 76.3 Å². The number of amides is 1. The topological polar surface area (TPSA) is 70.9 Å². The molecule has 8 nitrogen and oxygen atoms in total. The van der Waals surface area contributed by atoms with Gasteiger partial charge in [-0.3, -0.25) is 19.1 Å². The molecule has 0 N–H and O–H groups in total. The zero-order valence-electron chi connectivity index (χ0n) is 20.8. The van der Waals surface area contributed by atoms with Crippen LogP contribution < -0.4 is 5.56 Å². The van der Waals surface area contributed by atoms with Crippen molar-refractivity contribution in [2.24, 2.45) is 0 Å². The van der Waals surface area contributed by atoms with E-state index in [0.29, 0.717) is 44.8 Å². The summed E-state index contributed by atoms with van der Waals surface area (Å²) in [4.78, 5) is 37.4. The molecule has 0 atom stereocenters. The summed E-state index contributed by atoms with van der Waals surface area (Å²) in [5, 5.41) is 0.667. The van der Waals surface area contributed by atoms with Crippen LogP contribution in [0.2, 0.25) is 0 Å². The number of piperazine rings is 1. The van der Waals surface area contributed by atoms with Crippen LogP contribution in [0.1, 0.15) is 17.8 Å². The fourth-order valence-corrected chi connectivity index (χ4v) is 5.07. The second-order valence-electron chi connectivity index (χ2n) is 9.64. The Hall–Kier alpha value is -3.07. The molecule has 2 aromatic carbocycles. The van der Waals surface area contributed by atoms with E-state index in [0.717, 1.165) is 62.5 Å². The Balaban J connectivity index is 1.17. The Morgan fingerprint density at radius 2 is 1.56 bits per heavy atom. The van der Waals surface area contributed by atoms with Crippen LogP contribution in [0.4, 0.5) is 0 Å². The number of fused-ring (bicyclic) bond motifs is 1. The Morgan fingerprint density at radius 3 is 2.33 bits per heavy atom. The van der Waals surface area contributed by atoms with Crippen molar-refractivity contribution in [3.63, 3.8) is 0 Å². The summed E-state index contributed by atoms with van der Waals surface area (Å²) < 4.78 is 7.19. The summed E-state index contributed by atoms with van der Waals surface area (Å²) in [6, 6.07) is 17.7. The van der Waals surface area contributed by atoms with E-state index in [1.54, 1.807) is 0 Å². The van der Waals surface area contributed by atoms with Crippen molar-refractivity contribution in [2.75, 3.05) is 65.6 Å². The third kappa shape index (κ3) is 6.00. The molecule has 2 aliphatic rings. The monoisotopic (exact) mass is 489 g/mol. The molecule has 5 rings (SSSR count). The van der Waals surface area contributed by atoms with Crippen LogP contribution in [0.25, 0.3) is 10.9 Å². The van der Waals surface area contributed by atoms with E-state index in [2.05, 4.69) is 21.9 Å². The van der Waals surface area contributed by atoms with E-state index >= 15 is 0 Å². The van der Waals surface area contributed by atoms with Gasteiger partial charge >= 0.3 is 0 Å². The fraction of sp³-hybridized carbons (Fsp3) is 0.464. The largest absolute Gasteiger partial charge is 0.378 e. The molecule has 0 aliphatic carbocycles. The lowest BCUT2D eigenvalue weighted by atomic mass is 10.2. The maximum absolute atomic E-state index is 13.3. The minimum absolute atomic E-state index is 0.0259. The summed E-state index contributed by atoms with van der Waals surface area (Å²) in [5.41, 5.74) is 1.89. The molecule has 1 amide bonds. The lowest BCUT2D eigenvalue weighted by Gasteiger charge is -2.36. The van der Waals surface area contributed by atoms with E-state index < -0.39 is 0 Å². The average Bonchev–Trinajstić information content (AvgIpc) is 2.93. The van der Waals surface area contributed by atoms with Gasteiger partial charge in [0.2, 0.25) is 5.91 Å². The number of morpholine rings is 1. The van der Waals surface area contributed by atoms with E-state index in [1.807, 2.05) is 51.9 Å². The first kappa shape index (κ1) is 24.6. The highest BCUT2D eigenvalue weighted by Gasteiger charge is 2.23. The van der Waals surface area contributed by atoms with Gasteiger partial charge in [0, 0.05) is 45.7 Å². The smallest absolute Gasteiger partial charge is 0.261 e. The number of hydrogen-bond donors (Lipinski definition) is 0. The standard InChI is InChI=1S/C28H35N5O3/c34-27(32-17-19-36-20-18-32)22-31-15-13-30(14-16-31)12-6-11-26-29-25-10-5-4-9-24(25)28(35)33(26)21-23-7-2-1-3-8-23/h1-5,7-10H,6,11-22H2. The molecule has 3 aromatic rings. The molecule has 1 aromatic heterocycles. The Bertz CT molecular complexity index is 1210. The van der Waals surface area contributed by atoms with Crippen molar-refractivity contribution in [1.29, 1.82) is 0 Å². The highest BCUT2D eigenvalue weighted by atomic mass is 16.5. The number of aromatic nitrogens is 2. The number of benzene rings is 2. The first-order valence-corrected chi connectivity index (χ1v) is 13.0. The summed E-state index contributed by atoms with van der Waals surface area (Å²) >= 11 is 0. The van der Waals surface area contributed by atoms with Crippen molar-refractivity contribution in [3.8, 4) is 0 Å². The van der Waals surface area contributed by atoms with Crippen molar-refractivity contribution < 1.29 is 9.53 Å². The maximum atomic E-state index is 13.3. The van der Waals surface area contributed by atoms with Crippen molar-refractivity contribution >= 4 is 16.8 Å². The number of carbonyl (C=O) groups excluding carboxylic acids is 1. The average molecular weight is 490 g/mol. The zero-order chi connectivity index (χ0) is 24.7. The van der Waals surface area contributed by atoms with Gasteiger partial charge in [-0.05, 0) is 30.7 Å². The number of hydrogen-bond acceptors (Lipinski definition) is 6. The fourth-order valence-electron chi connectivity index (χ4n) is 5.07. The third-order valence-electron chi connectivity index (χ3n) is 7.19. The number of rotatable bonds is 8. The number of carbonyl (C=O) groups is 1. The lowest BCUT2D eigenvalue weighted by molar-refractivity contribution is -0.136. The van der Waals surface area contributed by atoms with Crippen LogP contribution in [0.5, 0.6) is 0 Å². The van der Waals surface area contributed by atoms with Gasteiger partial charge in [-0.1, -0.05) is 42.5 Å². The van der Waals surface area contributed by atoms with Gasteiger partial charge in [0.15, 0.2) is 0 Å². The molecular weight excluding hydrogens is 454 g/mol. The van der Waals surface area contributed by atoms with Crippen LogP contribution >= 0.6 is 0 Å². The number of ether oxygens (including phenoxy) is 1. The predicted octanol–water partition coefficient (Wildman–Crippen LogP) is 1.85. The van der Waals surface area contributed by atoms with Gasteiger partial charge < -0.3 is 14.5 Å². The Kier molecular flexibility index (Phi) is 8.05. The zero-order valence-corrected chi connectivity index (χ0v) is 20.8. The minimum atomic E-state index is 0.0259. The molecule has 2 fully saturated rings. The molecule has 0 unspecified atom stereocenters. The van der Waals surface area contributed by atoms with Gasteiger partial charge in [-0.25, -0.2) is 4.98 Å². The predicted molar refractivity (Wildman–Crippen MR) is 140 cm³/mol. The van der Waals surface area contributed by atoms with Crippen molar-refractivity contribution in [1.82, 2.24) is 24.3 Å². The van der Waals surface area contributed by atoms with Crippen LogP contribution in [-0.4, -0.2) is 95.7 Å². The van der Waals surface area contributed by atoms with Gasteiger partial charge in [0.05, 0.1) is 37.2 Å². The quantitative estimate of drug-likeness (QED) is 0.481. The van der Waals surface area contributed by atoms with Gasteiger partial charge in [0.1, 0.15) is 5.82 Å². The molecule has 2 saturated heterocycles. The number of para-hydroxylation sites is 1. The molecule has 2 aliphatic heterocycles. The summed E-state index contributed by atoms with van der Waals surface area (Å²) in [6.45, 7) is 8.41. The van der Waals surface area contributed by atoms with Crippen LogP contribution in [0.3, 0.4) is 0 Å². The Labute approximate surface area is 212 Å². The summed E-state index contributed by atoms with van der Waals surface area (Å²) in [7, 11) is 0. The molecule has 36 heavy (non-hydrogen) atoms. The van der Waals surface area contributed by atoms with Crippen molar-refractivity contribution in [2.45, 2.75) is 19.4 Å². The molecule has 3 heterocycles. The van der Waals surface area contributed by atoms with E-state index in [4.69, 9.17) is 9.72 Å². The summed E-state index contributed by atoms with van der Waals surface area (Å²) in [5.74, 6) is 1.06. The molecule has 8 heteroatoms. The second-order valence-corrected chi connectivity index (χ2v) is 9.64. The van der Waals surface area contributed by atoms with E-state index in [-0.39, 0.29) is 11.5 Å². The first-order chi connectivity index (χ1) is 17.7. The highest BCUT2D eigenvalue weighted by Crippen LogP contribution is 2.13. The Morgan fingerprint density at radius 1 is 0.861 bits per heavy atom. The molecule has 0 bridgehead atoms. The maximum Gasteiger partial charge on any atom is 0.261 e. The lowest BCUT2D eigenvalue weighted by Crippen LogP contribution is -2.51.